The first kappa shape index (κ1) is 19.7. The van der Waals surface area contributed by atoms with E-state index >= 15 is 0 Å². The maximum atomic E-state index is 11.6. The Balaban J connectivity index is 0.00000182. The van der Waals surface area contributed by atoms with E-state index in [4.69, 9.17) is 9.73 Å². The Morgan fingerprint density at radius 2 is 1.88 bits per heavy atom. The van der Waals surface area contributed by atoms with E-state index < -0.39 is 9.84 Å². The molecule has 4 saturated heterocycles. The zero-order chi connectivity index (χ0) is 16.7. The molecule has 1 N–H and O–H groups in total. The van der Waals surface area contributed by atoms with Gasteiger partial charge in [-0.2, -0.15) is 0 Å². The Bertz CT molecular complexity index is 594. The van der Waals surface area contributed by atoms with E-state index in [9.17, 15) is 8.42 Å². The molecule has 4 rings (SSSR count). The van der Waals surface area contributed by atoms with Gasteiger partial charge in [0.15, 0.2) is 15.8 Å². The van der Waals surface area contributed by atoms with Crippen LogP contribution in [0.2, 0.25) is 0 Å². The van der Waals surface area contributed by atoms with E-state index in [2.05, 4.69) is 17.1 Å². The monoisotopic (exact) mass is 483 g/mol. The number of hydrogen-bond acceptors (Lipinski definition) is 4. The second-order valence-corrected chi connectivity index (χ2v) is 10.1. The molecule has 0 aromatic rings. The van der Waals surface area contributed by atoms with Crippen molar-refractivity contribution in [2.75, 3.05) is 37.7 Å². The zero-order valence-electron chi connectivity index (χ0n) is 14.9. The highest BCUT2D eigenvalue weighted by atomic mass is 127. The predicted molar refractivity (Wildman–Crippen MR) is 109 cm³/mol. The molecule has 4 heterocycles. The normalized spacial score (nSPS) is 38.7. The molecule has 4 fully saturated rings. The highest BCUT2D eigenvalue weighted by molar-refractivity contribution is 14.0. The van der Waals surface area contributed by atoms with Crippen molar-refractivity contribution < 1.29 is 13.2 Å². The van der Waals surface area contributed by atoms with E-state index in [0.29, 0.717) is 42.1 Å². The van der Waals surface area contributed by atoms with Crippen LogP contribution in [0.4, 0.5) is 0 Å². The van der Waals surface area contributed by atoms with Crippen molar-refractivity contribution in [3.05, 3.63) is 0 Å². The van der Waals surface area contributed by atoms with Crippen molar-refractivity contribution in [3.8, 4) is 0 Å². The second kappa shape index (κ2) is 7.88. The highest BCUT2D eigenvalue weighted by Gasteiger charge is 2.53. The van der Waals surface area contributed by atoms with Crippen LogP contribution < -0.4 is 5.32 Å². The maximum absolute atomic E-state index is 11.6. The quantitative estimate of drug-likeness (QED) is 0.373. The molecular weight excluding hydrogens is 453 g/mol. The van der Waals surface area contributed by atoms with Crippen LogP contribution in [0.5, 0.6) is 0 Å². The van der Waals surface area contributed by atoms with Crippen molar-refractivity contribution >= 4 is 39.8 Å². The molecule has 0 spiro atoms. The molecule has 5 atom stereocenters. The fourth-order valence-corrected chi connectivity index (χ4v) is 6.72. The predicted octanol–water partition coefficient (Wildman–Crippen LogP) is 1.50. The summed E-state index contributed by atoms with van der Waals surface area (Å²) < 4.78 is 29.3. The minimum atomic E-state index is -2.82. The Kier molecular flexibility index (Phi) is 6.20. The summed E-state index contributed by atoms with van der Waals surface area (Å²) in [5.41, 5.74) is 0. The first-order valence-corrected chi connectivity index (χ1v) is 11.3. The lowest BCUT2D eigenvalue weighted by molar-refractivity contribution is 0.0767. The van der Waals surface area contributed by atoms with E-state index in [-0.39, 0.29) is 29.9 Å². The van der Waals surface area contributed by atoms with Crippen molar-refractivity contribution in [1.29, 1.82) is 0 Å². The van der Waals surface area contributed by atoms with Gasteiger partial charge in [-0.15, -0.1) is 24.0 Å². The molecule has 0 saturated carbocycles. The van der Waals surface area contributed by atoms with Gasteiger partial charge in [-0.1, -0.05) is 6.92 Å². The summed E-state index contributed by atoms with van der Waals surface area (Å²) in [7, 11) is -2.82. The SMILES string of the molecule is CCCNC(=NCC1CCS(=O)(=O)C1)N1CC2C3CCC(O3)C2C1.I. The molecule has 144 valence electrons. The number of nitrogens with one attached hydrogen (secondary N) is 1. The van der Waals surface area contributed by atoms with Crippen molar-refractivity contribution in [2.24, 2.45) is 22.7 Å². The fraction of sp³-hybridized carbons (Fsp3) is 0.941. The summed E-state index contributed by atoms with van der Waals surface area (Å²) >= 11 is 0. The number of fused-ring (bicyclic) bond motifs is 5. The van der Waals surface area contributed by atoms with E-state index in [1.54, 1.807) is 0 Å². The number of hydrogen-bond donors (Lipinski definition) is 1. The number of halogens is 1. The summed E-state index contributed by atoms with van der Waals surface area (Å²) in [4.78, 5) is 7.21. The average Bonchev–Trinajstić information content (AvgIpc) is 3.27. The summed E-state index contributed by atoms with van der Waals surface area (Å²) in [6, 6.07) is 0. The number of likely N-dealkylation sites (tertiary alicyclic amines) is 1. The number of guanidine groups is 1. The Hall–Kier alpha value is -0.0900. The minimum Gasteiger partial charge on any atom is -0.374 e. The van der Waals surface area contributed by atoms with Gasteiger partial charge in [-0.25, -0.2) is 8.42 Å². The van der Waals surface area contributed by atoms with E-state index in [1.807, 2.05) is 0 Å². The lowest BCUT2D eigenvalue weighted by Crippen LogP contribution is -2.42. The zero-order valence-corrected chi connectivity index (χ0v) is 18.0. The lowest BCUT2D eigenvalue weighted by atomic mass is 9.82. The Labute approximate surface area is 168 Å². The van der Waals surface area contributed by atoms with Crippen molar-refractivity contribution in [1.82, 2.24) is 10.2 Å². The van der Waals surface area contributed by atoms with Gasteiger partial charge in [0.2, 0.25) is 0 Å². The van der Waals surface area contributed by atoms with Crippen LogP contribution in [0, 0.1) is 17.8 Å². The van der Waals surface area contributed by atoms with Gasteiger partial charge in [0.1, 0.15) is 0 Å². The molecule has 5 unspecified atom stereocenters. The van der Waals surface area contributed by atoms with Crippen molar-refractivity contribution in [3.63, 3.8) is 0 Å². The first-order valence-electron chi connectivity index (χ1n) is 9.45. The summed E-state index contributed by atoms with van der Waals surface area (Å²) in [5, 5.41) is 3.48. The number of aliphatic imine (C=N–C) groups is 1. The highest BCUT2D eigenvalue weighted by Crippen LogP contribution is 2.47. The molecular formula is C17H30IN3O3S. The van der Waals surface area contributed by atoms with Crippen LogP contribution in [0.15, 0.2) is 4.99 Å². The molecule has 0 radical (unpaired) electrons. The molecule has 0 aromatic heterocycles. The van der Waals surface area contributed by atoms with Gasteiger partial charge in [0, 0.05) is 38.0 Å². The Morgan fingerprint density at radius 1 is 1.20 bits per heavy atom. The molecule has 2 bridgehead atoms. The van der Waals surface area contributed by atoms with Crippen molar-refractivity contribution in [2.45, 2.75) is 44.8 Å². The lowest BCUT2D eigenvalue weighted by Gasteiger charge is -2.24. The number of ether oxygens (including phenoxy) is 1. The molecule has 4 aliphatic rings. The van der Waals surface area contributed by atoms with Gasteiger partial charge in [0.05, 0.1) is 23.7 Å². The molecule has 0 aromatic carbocycles. The van der Waals surface area contributed by atoms with Crippen LogP contribution in [0.25, 0.3) is 0 Å². The Morgan fingerprint density at radius 3 is 2.44 bits per heavy atom. The molecule has 8 heteroatoms. The van der Waals surface area contributed by atoms with E-state index in [0.717, 1.165) is 38.4 Å². The molecule has 25 heavy (non-hydrogen) atoms. The minimum absolute atomic E-state index is 0. The molecule has 4 aliphatic heterocycles. The van der Waals surface area contributed by atoms with Gasteiger partial charge >= 0.3 is 0 Å². The second-order valence-electron chi connectivity index (χ2n) is 7.88. The molecule has 6 nitrogen and oxygen atoms in total. The third kappa shape index (κ3) is 4.10. The van der Waals surface area contributed by atoms with Crippen LogP contribution in [-0.2, 0) is 14.6 Å². The summed E-state index contributed by atoms with van der Waals surface area (Å²) in [6.07, 6.45) is 5.17. The molecule has 0 aliphatic carbocycles. The molecule has 0 amide bonds. The maximum Gasteiger partial charge on any atom is 0.193 e. The van der Waals surface area contributed by atoms with E-state index in [1.165, 1.54) is 12.8 Å². The van der Waals surface area contributed by atoms with Gasteiger partial charge in [0.25, 0.3) is 0 Å². The smallest absolute Gasteiger partial charge is 0.193 e. The number of nitrogens with zero attached hydrogens (tertiary/aromatic N) is 2. The summed E-state index contributed by atoms with van der Waals surface area (Å²) in [6.45, 7) is 5.76. The number of sulfone groups is 1. The van der Waals surface area contributed by atoms with Gasteiger partial charge < -0.3 is 15.0 Å². The largest absolute Gasteiger partial charge is 0.374 e. The third-order valence-corrected chi connectivity index (χ3v) is 7.95. The van der Waals surface area contributed by atoms with Gasteiger partial charge in [-0.3, -0.25) is 4.99 Å². The summed E-state index contributed by atoms with van der Waals surface area (Å²) in [5.74, 6) is 3.12. The van der Waals surface area contributed by atoms with Gasteiger partial charge in [-0.05, 0) is 31.6 Å². The fourth-order valence-electron chi connectivity index (χ4n) is 4.87. The topological polar surface area (TPSA) is 71.0 Å². The average molecular weight is 483 g/mol. The standard InChI is InChI=1S/C17H29N3O3S.HI/c1-2-6-18-17(19-8-12-5-7-24(21,22)11-12)20-9-13-14(10-20)16-4-3-15(13)23-16;/h12-16H,2-11H2,1H3,(H,18,19);1H. The number of rotatable bonds is 4. The third-order valence-electron chi connectivity index (χ3n) is 6.11. The van der Waals surface area contributed by atoms with Crippen LogP contribution >= 0.6 is 24.0 Å². The van der Waals surface area contributed by atoms with Crippen LogP contribution in [0.3, 0.4) is 0 Å². The first-order chi connectivity index (χ1) is 11.6. The van der Waals surface area contributed by atoms with Crippen LogP contribution in [-0.4, -0.2) is 69.2 Å². The van der Waals surface area contributed by atoms with Crippen LogP contribution in [0.1, 0.15) is 32.6 Å².